The van der Waals surface area contributed by atoms with Crippen molar-refractivity contribution in [1.29, 1.82) is 0 Å². The maximum absolute atomic E-state index is 5.57. The van der Waals surface area contributed by atoms with E-state index >= 15 is 0 Å². The summed E-state index contributed by atoms with van der Waals surface area (Å²) in [6, 6.07) is 0.590. The van der Waals surface area contributed by atoms with Crippen LogP contribution in [0.1, 0.15) is 73.1 Å². The normalized spacial score (nSPS) is 15.7. The van der Waals surface area contributed by atoms with Crippen molar-refractivity contribution < 1.29 is 4.74 Å². The van der Waals surface area contributed by atoms with Gasteiger partial charge in [0.25, 0.3) is 0 Å². The monoisotopic (exact) mass is 257 g/mol. The molecule has 0 aliphatic heterocycles. The molecule has 0 rings (SSSR count). The largest absolute Gasteiger partial charge is 0.379 e. The molecule has 0 aliphatic carbocycles. The minimum atomic E-state index is -0.0180. The van der Waals surface area contributed by atoms with Gasteiger partial charge in [0.15, 0.2) is 0 Å². The van der Waals surface area contributed by atoms with Gasteiger partial charge in [0.2, 0.25) is 0 Å². The third-order valence-corrected chi connectivity index (χ3v) is 3.94. The Morgan fingerprint density at radius 2 is 1.83 bits per heavy atom. The molecule has 0 aliphatic rings. The first-order valence-corrected chi connectivity index (χ1v) is 7.77. The predicted octanol–water partition coefficient (Wildman–Crippen LogP) is 4.39. The molecule has 18 heavy (non-hydrogen) atoms. The summed E-state index contributed by atoms with van der Waals surface area (Å²) in [6.07, 6.45) is 7.74. The van der Waals surface area contributed by atoms with Crippen LogP contribution in [-0.4, -0.2) is 25.3 Å². The van der Waals surface area contributed by atoms with E-state index in [0.717, 1.165) is 18.9 Å². The van der Waals surface area contributed by atoms with Crippen molar-refractivity contribution in [2.24, 2.45) is 5.92 Å². The molecule has 0 heterocycles. The predicted molar refractivity (Wildman–Crippen MR) is 81.1 cm³/mol. The lowest BCUT2D eigenvalue weighted by atomic mass is 9.87. The molecule has 0 aromatic carbocycles. The van der Waals surface area contributed by atoms with Gasteiger partial charge in [-0.3, -0.25) is 0 Å². The molecule has 0 spiro atoms. The second-order valence-corrected chi connectivity index (χ2v) is 6.07. The van der Waals surface area contributed by atoms with E-state index in [9.17, 15) is 0 Å². The molecule has 2 nitrogen and oxygen atoms in total. The second kappa shape index (κ2) is 9.80. The lowest BCUT2D eigenvalue weighted by Crippen LogP contribution is -2.38. The average Bonchev–Trinajstić information content (AvgIpc) is 2.34. The van der Waals surface area contributed by atoms with Crippen LogP contribution in [0.4, 0.5) is 0 Å². The molecule has 0 saturated heterocycles. The summed E-state index contributed by atoms with van der Waals surface area (Å²) >= 11 is 0. The molecular weight excluding hydrogens is 222 g/mol. The van der Waals surface area contributed by atoms with E-state index in [1.165, 1.54) is 32.1 Å². The van der Waals surface area contributed by atoms with Gasteiger partial charge in [0, 0.05) is 13.2 Å². The zero-order chi connectivity index (χ0) is 14.0. The van der Waals surface area contributed by atoms with Crippen molar-refractivity contribution >= 4 is 0 Å². The van der Waals surface area contributed by atoms with E-state index in [-0.39, 0.29) is 5.60 Å². The fourth-order valence-electron chi connectivity index (χ4n) is 2.59. The van der Waals surface area contributed by atoms with Gasteiger partial charge in [-0.2, -0.15) is 0 Å². The van der Waals surface area contributed by atoms with Crippen molar-refractivity contribution in [2.75, 3.05) is 13.7 Å². The highest BCUT2D eigenvalue weighted by Crippen LogP contribution is 2.24. The number of nitrogens with one attached hydrogen (secondary N) is 1. The Kier molecular flexibility index (Phi) is 9.76. The number of hydrogen-bond acceptors (Lipinski definition) is 2. The number of ether oxygens (including phenoxy) is 1. The van der Waals surface area contributed by atoms with Crippen LogP contribution in [0, 0.1) is 5.92 Å². The Balaban J connectivity index is 4.30. The molecule has 2 heteroatoms. The summed E-state index contributed by atoms with van der Waals surface area (Å²) in [4.78, 5) is 0. The Labute approximate surface area is 115 Å². The molecule has 0 amide bonds. The zero-order valence-electron chi connectivity index (χ0n) is 13.5. The number of hydrogen-bond donors (Lipinski definition) is 1. The summed E-state index contributed by atoms with van der Waals surface area (Å²) in [6.45, 7) is 12.2. The van der Waals surface area contributed by atoms with Crippen LogP contribution in [0.2, 0.25) is 0 Å². The molecule has 0 aromatic rings. The van der Waals surface area contributed by atoms with Crippen LogP contribution in [-0.2, 0) is 4.74 Å². The van der Waals surface area contributed by atoms with E-state index in [4.69, 9.17) is 4.74 Å². The van der Waals surface area contributed by atoms with Crippen molar-refractivity contribution in [1.82, 2.24) is 5.32 Å². The maximum atomic E-state index is 5.57. The van der Waals surface area contributed by atoms with Crippen molar-refractivity contribution in [3.05, 3.63) is 0 Å². The Hall–Kier alpha value is -0.0800. The maximum Gasteiger partial charge on any atom is 0.0637 e. The third-order valence-electron chi connectivity index (χ3n) is 3.94. The first-order valence-electron chi connectivity index (χ1n) is 7.77. The second-order valence-electron chi connectivity index (χ2n) is 6.07. The Morgan fingerprint density at radius 1 is 1.17 bits per heavy atom. The highest BCUT2D eigenvalue weighted by atomic mass is 16.5. The number of methoxy groups -OCH3 is 1. The smallest absolute Gasteiger partial charge is 0.0637 e. The lowest BCUT2D eigenvalue weighted by Gasteiger charge is -2.31. The molecule has 2 atom stereocenters. The topological polar surface area (TPSA) is 21.3 Å². The average molecular weight is 257 g/mol. The van der Waals surface area contributed by atoms with Crippen LogP contribution in [0.3, 0.4) is 0 Å². The van der Waals surface area contributed by atoms with Crippen LogP contribution in [0.15, 0.2) is 0 Å². The summed E-state index contributed by atoms with van der Waals surface area (Å²) in [7, 11) is 1.82. The Morgan fingerprint density at radius 3 is 2.28 bits per heavy atom. The van der Waals surface area contributed by atoms with Gasteiger partial charge < -0.3 is 10.1 Å². The molecule has 110 valence electrons. The van der Waals surface area contributed by atoms with Gasteiger partial charge in [-0.25, -0.2) is 0 Å². The molecule has 0 saturated carbocycles. The minimum Gasteiger partial charge on any atom is -0.379 e. The summed E-state index contributed by atoms with van der Waals surface area (Å²) in [5.41, 5.74) is -0.0180. The minimum absolute atomic E-state index is 0.0180. The Bertz CT molecular complexity index is 192. The first kappa shape index (κ1) is 17.9. The quantitative estimate of drug-likeness (QED) is 0.593. The van der Waals surface area contributed by atoms with E-state index in [2.05, 4.69) is 39.9 Å². The SMILES string of the molecule is CCCCC(CC)CC(CC(C)(C)OC)NCC. The summed E-state index contributed by atoms with van der Waals surface area (Å²) in [5, 5.41) is 3.63. The van der Waals surface area contributed by atoms with Crippen LogP contribution < -0.4 is 5.32 Å². The molecule has 2 unspecified atom stereocenters. The van der Waals surface area contributed by atoms with Crippen molar-refractivity contribution in [3.63, 3.8) is 0 Å². The van der Waals surface area contributed by atoms with E-state index in [0.29, 0.717) is 6.04 Å². The van der Waals surface area contributed by atoms with Gasteiger partial charge in [0.05, 0.1) is 5.60 Å². The summed E-state index contributed by atoms with van der Waals surface area (Å²) < 4.78 is 5.57. The fourth-order valence-corrected chi connectivity index (χ4v) is 2.59. The lowest BCUT2D eigenvalue weighted by molar-refractivity contribution is 0.00496. The third kappa shape index (κ3) is 8.10. The molecule has 1 N–H and O–H groups in total. The van der Waals surface area contributed by atoms with Crippen LogP contribution in [0.25, 0.3) is 0 Å². The summed E-state index contributed by atoms with van der Waals surface area (Å²) in [5.74, 6) is 0.863. The van der Waals surface area contributed by atoms with E-state index in [1.54, 1.807) is 0 Å². The zero-order valence-corrected chi connectivity index (χ0v) is 13.5. The van der Waals surface area contributed by atoms with Crippen molar-refractivity contribution in [2.45, 2.75) is 84.8 Å². The van der Waals surface area contributed by atoms with Gasteiger partial charge in [-0.05, 0) is 39.2 Å². The number of rotatable bonds is 11. The molecule has 0 bridgehead atoms. The van der Waals surface area contributed by atoms with Gasteiger partial charge in [0.1, 0.15) is 0 Å². The highest BCUT2D eigenvalue weighted by Gasteiger charge is 2.24. The number of unbranched alkanes of at least 4 members (excludes halogenated alkanes) is 1. The molecule has 0 aromatic heterocycles. The van der Waals surface area contributed by atoms with Crippen LogP contribution >= 0.6 is 0 Å². The molecule has 0 radical (unpaired) electrons. The molecular formula is C16H35NO. The van der Waals surface area contributed by atoms with Gasteiger partial charge in [-0.1, -0.05) is 46.5 Å². The fraction of sp³-hybridized carbons (Fsp3) is 1.00. The van der Waals surface area contributed by atoms with E-state index < -0.39 is 0 Å². The highest BCUT2D eigenvalue weighted by molar-refractivity contribution is 4.80. The van der Waals surface area contributed by atoms with Crippen molar-refractivity contribution in [3.8, 4) is 0 Å². The first-order chi connectivity index (χ1) is 8.49. The van der Waals surface area contributed by atoms with E-state index in [1.807, 2.05) is 7.11 Å². The van der Waals surface area contributed by atoms with Gasteiger partial charge >= 0.3 is 0 Å². The standard InChI is InChI=1S/C16H35NO/c1-7-10-11-14(8-2)12-15(17-9-3)13-16(4,5)18-6/h14-15,17H,7-13H2,1-6H3. The van der Waals surface area contributed by atoms with Crippen LogP contribution in [0.5, 0.6) is 0 Å². The molecule has 0 fully saturated rings. The van der Waals surface area contributed by atoms with Gasteiger partial charge in [-0.15, -0.1) is 0 Å².